The minimum absolute atomic E-state index is 0.0911. The first-order valence-corrected chi connectivity index (χ1v) is 8.45. The molecule has 0 radical (unpaired) electrons. The van der Waals surface area contributed by atoms with Crippen LogP contribution in [0.5, 0.6) is 0 Å². The smallest absolute Gasteiger partial charge is 0.269 e. The molecule has 0 saturated heterocycles. The highest BCUT2D eigenvalue weighted by atomic mass is 32.2. The van der Waals surface area contributed by atoms with Gasteiger partial charge in [0.2, 0.25) is 11.1 Å². The first-order chi connectivity index (χ1) is 12.2. The zero-order chi connectivity index (χ0) is 17.5. The van der Waals surface area contributed by atoms with Crippen LogP contribution in [-0.4, -0.2) is 32.3 Å². The van der Waals surface area contributed by atoms with Crippen LogP contribution < -0.4 is 10.9 Å². The predicted octanol–water partition coefficient (Wildman–Crippen LogP) is 1.82. The van der Waals surface area contributed by atoms with Gasteiger partial charge in [-0.3, -0.25) is 20.4 Å². The summed E-state index contributed by atoms with van der Waals surface area (Å²) in [5, 5.41) is 4.78. The molecule has 1 aromatic heterocycles. The molecule has 7 nitrogen and oxygen atoms in total. The molecule has 8 heteroatoms. The molecule has 3 rings (SSSR count). The standard InChI is InChI=1S/C17H15N5O2S/c23-15(19-20-16(24)13-7-3-1-4-8-13)11-25-17-18-12-22(21-17)14-9-5-2-6-10-14/h1-10,12H,11H2,(H,19,23)(H,20,24). The number of carbonyl (C=O) groups excluding carboxylic acids is 2. The van der Waals surface area contributed by atoms with Gasteiger partial charge in [-0.15, -0.1) is 5.10 Å². The number of benzene rings is 2. The minimum Gasteiger partial charge on any atom is -0.272 e. The molecule has 0 aliphatic carbocycles. The van der Waals surface area contributed by atoms with E-state index < -0.39 is 0 Å². The molecule has 2 amide bonds. The molecule has 0 aliphatic heterocycles. The molecule has 0 atom stereocenters. The lowest BCUT2D eigenvalue weighted by Crippen LogP contribution is -2.42. The van der Waals surface area contributed by atoms with Gasteiger partial charge in [0.05, 0.1) is 11.4 Å². The van der Waals surface area contributed by atoms with E-state index in [0.29, 0.717) is 10.7 Å². The van der Waals surface area contributed by atoms with Crippen LogP contribution in [0.2, 0.25) is 0 Å². The second kappa shape index (κ2) is 8.11. The Morgan fingerprint density at radius 3 is 2.36 bits per heavy atom. The Labute approximate surface area is 148 Å². The largest absolute Gasteiger partial charge is 0.272 e. The van der Waals surface area contributed by atoms with Crippen LogP contribution in [-0.2, 0) is 4.79 Å². The number of hydrazine groups is 1. The molecule has 1 heterocycles. The highest BCUT2D eigenvalue weighted by molar-refractivity contribution is 7.99. The second-order valence-corrected chi connectivity index (χ2v) is 5.91. The average molecular weight is 353 g/mol. The van der Waals surface area contributed by atoms with E-state index >= 15 is 0 Å². The first kappa shape index (κ1) is 16.7. The summed E-state index contributed by atoms with van der Waals surface area (Å²) >= 11 is 1.19. The number of aromatic nitrogens is 3. The third-order valence-corrected chi connectivity index (χ3v) is 4.03. The zero-order valence-electron chi connectivity index (χ0n) is 13.1. The van der Waals surface area contributed by atoms with Gasteiger partial charge < -0.3 is 0 Å². The minimum atomic E-state index is -0.370. The van der Waals surface area contributed by atoms with Crippen molar-refractivity contribution in [1.82, 2.24) is 25.6 Å². The number of nitrogens with zero attached hydrogens (tertiary/aromatic N) is 3. The number of amides is 2. The summed E-state index contributed by atoms with van der Waals surface area (Å²) in [6.45, 7) is 0. The SMILES string of the molecule is O=C(CSc1ncn(-c2ccccc2)n1)NNC(=O)c1ccccc1. The maximum absolute atomic E-state index is 11.8. The molecule has 3 aromatic rings. The maximum atomic E-state index is 11.8. The number of hydrogen-bond acceptors (Lipinski definition) is 5. The second-order valence-electron chi connectivity index (χ2n) is 4.96. The average Bonchev–Trinajstić information content (AvgIpc) is 3.15. The van der Waals surface area contributed by atoms with Crippen LogP contribution in [0, 0.1) is 0 Å². The van der Waals surface area contributed by atoms with Gasteiger partial charge in [-0.05, 0) is 24.3 Å². The Hall–Kier alpha value is -3.13. The predicted molar refractivity (Wildman–Crippen MR) is 94.1 cm³/mol. The summed E-state index contributed by atoms with van der Waals surface area (Å²) in [4.78, 5) is 27.8. The molecule has 2 aromatic carbocycles. The van der Waals surface area contributed by atoms with E-state index in [4.69, 9.17) is 0 Å². The van der Waals surface area contributed by atoms with Crippen LogP contribution >= 0.6 is 11.8 Å². The van der Waals surface area contributed by atoms with Crippen LogP contribution in [0.15, 0.2) is 72.1 Å². The first-order valence-electron chi connectivity index (χ1n) is 7.46. The van der Waals surface area contributed by atoms with E-state index in [-0.39, 0.29) is 17.6 Å². The summed E-state index contributed by atoms with van der Waals surface area (Å²) < 4.78 is 1.64. The monoisotopic (exact) mass is 353 g/mol. The Kier molecular flexibility index (Phi) is 5.43. The maximum Gasteiger partial charge on any atom is 0.269 e. The van der Waals surface area contributed by atoms with Crippen molar-refractivity contribution in [2.45, 2.75) is 5.16 Å². The summed E-state index contributed by atoms with van der Waals surface area (Å²) in [7, 11) is 0. The van der Waals surface area contributed by atoms with E-state index in [9.17, 15) is 9.59 Å². The fraction of sp³-hybridized carbons (Fsp3) is 0.0588. The molecule has 0 bridgehead atoms. The van der Waals surface area contributed by atoms with Gasteiger partial charge in [-0.25, -0.2) is 9.67 Å². The Morgan fingerprint density at radius 1 is 0.960 bits per heavy atom. The van der Waals surface area contributed by atoms with E-state index in [1.807, 2.05) is 36.4 Å². The molecule has 0 spiro atoms. The topological polar surface area (TPSA) is 88.9 Å². The van der Waals surface area contributed by atoms with Crippen molar-refractivity contribution in [2.75, 3.05) is 5.75 Å². The third-order valence-electron chi connectivity index (χ3n) is 3.18. The van der Waals surface area contributed by atoms with Crippen molar-refractivity contribution < 1.29 is 9.59 Å². The number of hydrogen-bond donors (Lipinski definition) is 2. The van der Waals surface area contributed by atoms with Crippen LogP contribution in [0.1, 0.15) is 10.4 Å². The fourth-order valence-corrected chi connectivity index (χ4v) is 2.57. The van der Waals surface area contributed by atoms with Crippen molar-refractivity contribution in [2.24, 2.45) is 0 Å². The molecule has 0 saturated carbocycles. The summed E-state index contributed by atoms with van der Waals surface area (Å²) in [6.07, 6.45) is 1.59. The van der Waals surface area contributed by atoms with Crippen molar-refractivity contribution in [3.05, 3.63) is 72.6 Å². The van der Waals surface area contributed by atoms with Gasteiger partial charge in [0.1, 0.15) is 6.33 Å². The summed E-state index contributed by atoms with van der Waals surface area (Å²) in [5.74, 6) is -0.621. The van der Waals surface area contributed by atoms with E-state index in [1.54, 1.807) is 35.3 Å². The summed E-state index contributed by atoms with van der Waals surface area (Å²) in [5.41, 5.74) is 6.10. The number of thioether (sulfide) groups is 1. The molecular formula is C17H15N5O2S. The lowest BCUT2D eigenvalue weighted by molar-refractivity contribution is -0.119. The van der Waals surface area contributed by atoms with E-state index in [2.05, 4.69) is 20.9 Å². The molecule has 25 heavy (non-hydrogen) atoms. The van der Waals surface area contributed by atoms with Crippen LogP contribution in [0.4, 0.5) is 0 Å². The Morgan fingerprint density at radius 2 is 1.64 bits per heavy atom. The Bertz CT molecular complexity index is 852. The molecular weight excluding hydrogens is 338 g/mol. The molecule has 0 unspecified atom stereocenters. The van der Waals surface area contributed by atoms with Crippen LogP contribution in [0.25, 0.3) is 5.69 Å². The van der Waals surface area contributed by atoms with Gasteiger partial charge in [0, 0.05) is 5.56 Å². The quantitative estimate of drug-likeness (QED) is 0.539. The number of carbonyl (C=O) groups is 2. The van der Waals surface area contributed by atoms with Gasteiger partial charge in [-0.1, -0.05) is 48.2 Å². The van der Waals surface area contributed by atoms with Gasteiger partial charge >= 0.3 is 0 Å². The van der Waals surface area contributed by atoms with E-state index in [1.165, 1.54) is 11.8 Å². The fourth-order valence-electron chi connectivity index (χ4n) is 1.97. The number of nitrogens with one attached hydrogen (secondary N) is 2. The van der Waals surface area contributed by atoms with Crippen molar-refractivity contribution >= 4 is 23.6 Å². The summed E-state index contributed by atoms with van der Waals surface area (Å²) in [6, 6.07) is 18.2. The lowest BCUT2D eigenvalue weighted by atomic mass is 10.2. The highest BCUT2D eigenvalue weighted by Crippen LogP contribution is 2.13. The van der Waals surface area contributed by atoms with Gasteiger partial charge in [-0.2, -0.15) is 0 Å². The van der Waals surface area contributed by atoms with Crippen molar-refractivity contribution in [3.63, 3.8) is 0 Å². The third kappa shape index (κ3) is 4.67. The molecule has 0 fully saturated rings. The van der Waals surface area contributed by atoms with Crippen molar-refractivity contribution in [1.29, 1.82) is 0 Å². The van der Waals surface area contributed by atoms with Gasteiger partial charge in [0.15, 0.2) is 0 Å². The van der Waals surface area contributed by atoms with Crippen LogP contribution in [0.3, 0.4) is 0 Å². The lowest BCUT2D eigenvalue weighted by Gasteiger charge is -2.06. The highest BCUT2D eigenvalue weighted by Gasteiger charge is 2.09. The molecule has 126 valence electrons. The Balaban J connectivity index is 1.47. The zero-order valence-corrected chi connectivity index (χ0v) is 13.9. The number of para-hydroxylation sites is 1. The molecule has 0 aliphatic rings. The van der Waals surface area contributed by atoms with Crippen molar-refractivity contribution in [3.8, 4) is 5.69 Å². The molecule has 2 N–H and O–H groups in total. The van der Waals surface area contributed by atoms with E-state index in [0.717, 1.165) is 5.69 Å². The number of rotatable bonds is 5. The van der Waals surface area contributed by atoms with Gasteiger partial charge in [0.25, 0.3) is 5.91 Å². The normalized spacial score (nSPS) is 10.2.